The van der Waals surface area contributed by atoms with Crippen molar-refractivity contribution in [2.75, 3.05) is 13.7 Å². The van der Waals surface area contributed by atoms with E-state index in [9.17, 15) is 9.18 Å². The van der Waals surface area contributed by atoms with Crippen LogP contribution in [0.3, 0.4) is 0 Å². The fraction of sp³-hybridized carbons (Fsp3) is 0.500. The standard InChI is InChI=1S/C14H17ClFNO2/c1-8-3-5-10(13(16)12(8)15)14(18)17-11-6-4-9(11)7-19-2/h3,5,9,11H,4,6-7H2,1-2H3,(H,17,18)/t9-,11-/m1/s1. The van der Waals surface area contributed by atoms with Gasteiger partial charge in [-0.15, -0.1) is 0 Å². The Morgan fingerprint density at radius 2 is 2.26 bits per heavy atom. The molecule has 0 heterocycles. The van der Waals surface area contributed by atoms with E-state index in [0.717, 1.165) is 12.8 Å². The lowest BCUT2D eigenvalue weighted by atomic mass is 9.80. The van der Waals surface area contributed by atoms with E-state index in [1.807, 2.05) is 0 Å². The summed E-state index contributed by atoms with van der Waals surface area (Å²) in [5.74, 6) is -0.745. The second kappa shape index (κ2) is 5.88. The van der Waals surface area contributed by atoms with Crippen molar-refractivity contribution in [2.45, 2.75) is 25.8 Å². The third-order valence-corrected chi connectivity index (χ3v) is 4.10. The Hall–Kier alpha value is -1.13. The van der Waals surface area contributed by atoms with Gasteiger partial charge in [0.2, 0.25) is 0 Å². The zero-order valence-corrected chi connectivity index (χ0v) is 11.8. The van der Waals surface area contributed by atoms with E-state index < -0.39 is 11.7 Å². The monoisotopic (exact) mass is 285 g/mol. The van der Waals surface area contributed by atoms with E-state index in [-0.39, 0.29) is 16.6 Å². The molecule has 0 bridgehead atoms. The minimum Gasteiger partial charge on any atom is -0.384 e. The van der Waals surface area contributed by atoms with Crippen LogP contribution < -0.4 is 5.32 Å². The first kappa shape index (κ1) is 14.3. The molecule has 104 valence electrons. The second-order valence-corrected chi connectivity index (χ2v) is 5.31. The van der Waals surface area contributed by atoms with Crippen molar-refractivity contribution >= 4 is 17.5 Å². The van der Waals surface area contributed by atoms with E-state index in [1.54, 1.807) is 20.1 Å². The lowest BCUT2D eigenvalue weighted by Crippen LogP contribution is -2.48. The van der Waals surface area contributed by atoms with Crippen LogP contribution in [0, 0.1) is 18.7 Å². The number of hydrogen-bond acceptors (Lipinski definition) is 2. The van der Waals surface area contributed by atoms with Gasteiger partial charge in [-0.25, -0.2) is 4.39 Å². The smallest absolute Gasteiger partial charge is 0.254 e. The van der Waals surface area contributed by atoms with Gasteiger partial charge in [0.1, 0.15) is 0 Å². The van der Waals surface area contributed by atoms with Crippen LogP contribution in [0.4, 0.5) is 4.39 Å². The predicted molar refractivity (Wildman–Crippen MR) is 72.0 cm³/mol. The zero-order chi connectivity index (χ0) is 14.0. The average Bonchev–Trinajstić information content (AvgIpc) is 2.38. The van der Waals surface area contributed by atoms with E-state index in [1.165, 1.54) is 6.07 Å². The number of rotatable bonds is 4. The Labute approximate surface area is 117 Å². The molecule has 1 fully saturated rings. The van der Waals surface area contributed by atoms with Gasteiger partial charge in [-0.1, -0.05) is 17.7 Å². The van der Waals surface area contributed by atoms with E-state index in [0.29, 0.717) is 18.1 Å². The van der Waals surface area contributed by atoms with Crippen LogP contribution in [-0.4, -0.2) is 25.7 Å². The number of carbonyl (C=O) groups excluding carboxylic acids is 1. The molecule has 0 aliphatic heterocycles. The first-order chi connectivity index (χ1) is 9.04. The summed E-state index contributed by atoms with van der Waals surface area (Å²) in [5, 5.41) is 2.85. The summed E-state index contributed by atoms with van der Waals surface area (Å²) >= 11 is 5.81. The number of carbonyl (C=O) groups is 1. The molecular formula is C14H17ClFNO2. The van der Waals surface area contributed by atoms with Gasteiger partial charge >= 0.3 is 0 Å². The molecule has 0 radical (unpaired) electrons. The molecule has 1 aromatic rings. The molecule has 2 atom stereocenters. The minimum absolute atomic E-state index is 0.00123. The van der Waals surface area contributed by atoms with Crippen molar-refractivity contribution in [1.29, 1.82) is 0 Å². The highest BCUT2D eigenvalue weighted by atomic mass is 35.5. The highest BCUT2D eigenvalue weighted by Gasteiger charge is 2.32. The van der Waals surface area contributed by atoms with Crippen molar-refractivity contribution in [2.24, 2.45) is 5.92 Å². The highest BCUT2D eigenvalue weighted by molar-refractivity contribution is 6.31. The number of hydrogen-bond donors (Lipinski definition) is 1. The van der Waals surface area contributed by atoms with Gasteiger partial charge in [0.05, 0.1) is 17.2 Å². The Morgan fingerprint density at radius 1 is 1.53 bits per heavy atom. The quantitative estimate of drug-likeness (QED) is 0.924. The number of aryl methyl sites for hydroxylation is 1. The predicted octanol–water partition coefficient (Wildman–Crippen LogP) is 2.94. The average molecular weight is 286 g/mol. The van der Waals surface area contributed by atoms with Gasteiger partial charge in [-0.2, -0.15) is 0 Å². The number of ether oxygens (including phenoxy) is 1. The molecule has 3 nitrogen and oxygen atoms in total. The number of amides is 1. The highest BCUT2D eigenvalue weighted by Crippen LogP contribution is 2.28. The van der Waals surface area contributed by atoms with Crippen molar-refractivity contribution in [3.8, 4) is 0 Å². The number of halogens is 2. The Balaban J connectivity index is 2.07. The molecule has 1 amide bonds. The zero-order valence-electron chi connectivity index (χ0n) is 11.0. The van der Waals surface area contributed by atoms with Crippen LogP contribution in [0.5, 0.6) is 0 Å². The molecule has 1 aliphatic carbocycles. The minimum atomic E-state index is -0.651. The Morgan fingerprint density at radius 3 is 2.84 bits per heavy atom. The lowest BCUT2D eigenvalue weighted by Gasteiger charge is -2.36. The molecule has 2 rings (SSSR count). The molecule has 0 aromatic heterocycles. The van der Waals surface area contributed by atoms with Gasteiger partial charge in [0.25, 0.3) is 5.91 Å². The first-order valence-electron chi connectivity index (χ1n) is 6.29. The van der Waals surface area contributed by atoms with Crippen LogP contribution in [-0.2, 0) is 4.74 Å². The van der Waals surface area contributed by atoms with Gasteiger partial charge in [-0.05, 0) is 31.4 Å². The Kier molecular flexibility index (Phi) is 4.42. The summed E-state index contributed by atoms with van der Waals surface area (Å²) in [7, 11) is 1.64. The van der Waals surface area contributed by atoms with E-state index in [2.05, 4.69) is 5.32 Å². The molecule has 1 aromatic carbocycles. The summed E-state index contributed by atoms with van der Waals surface area (Å²) < 4.78 is 19.0. The summed E-state index contributed by atoms with van der Waals surface area (Å²) in [6.45, 7) is 2.32. The van der Waals surface area contributed by atoms with Crippen LogP contribution >= 0.6 is 11.6 Å². The topological polar surface area (TPSA) is 38.3 Å². The van der Waals surface area contributed by atoms with Crippen molar-refractivity contribution in [3.05, 3.63) is 34.1 Å². The van der Waals surface area contributed by atoms with Gasteiger partial charge < -0.3 is 10.1 Å². The van der Waals surface area contributed by atoms with Crippen LogP contribution in [0.2, 0.25) is 5.02 Å². The lowest BCUT2D eigenvalue weighted by molar-refractivity contribution is 0.0668. The fourth-order valence-corrected chi connectivity index (χ4v) is 2.40. The van der Waals surface area contributed by atoms with Crippen molar-refractivity contribution < 1.29 is 13.9 Å². The molecule has 19 heavy (non-hydrogen) atoms. The van der Waals surface area contributed by atoms with Gasteiger partial charge in [0.15, 0.2) is 5.82 Å². The molecule has 0 unspecified atom stereocenters. The Bertz CT molecular complexity index is 493. The summed E-state index contributed by atoms with van der Waals surface area (Å²) in [5.41, 5.74) is 0.621. The normalized spacial score (nSPS) is 21.9. The molecule has 5 heteroatoms. The van der Waals surface area contributed by atoms with Crippen molar-refractivity contribution in [3.63, 3.8) is 0 Å². The third kappa shape index (κ3) is 2.90. The summed E-state index contributed by atoms with van der Waals surface area (Å²) in [4.78, 5) is 12.0. The molecule has 1 aliphatic rings. The van der Waals surface area contributed by atoms with E-state index >= 15 is 0 Å². The maximum atomic E-state index is 13.9. The number of benzene rings is 1. The van der Waals surface area contributed by atoms with Crippen LogP contribution in [0.15, 0.2) is 12.1 Å². The molecule has 0 spiro atoms. The molecule has 1 N–H and O–H groups in total. The van der Waals surface area contributed by atoms with E-state index in [4.69, 9.17) is 16.3 Å². The molecular weight excluding hydrogens is 269 g/mol. The summed E-state index contributed by atoms with van der Waals surface area (Å²) in [6.07, 6.45) is 1.93. The van der Waals surface area contributed by atoms with Crippen LogP contribution in [0.25, 0.3) is 0 Å². The third-order valence-electron chi connectivity index (χ3n) is 3.63. The van der Waals surface area contributed by atoms with Crippen molar-refractivity contribution in [1.82, 2.24) is 5.32 Å². The fourth-order valence-electron chi connectivity index (χ4n) is 2.24. The first-order valence-corrected chi connectivity index (χ1v) is 6.66. The number of nitrogens with one attached hydrogen (secondary N) is 1. The molecule has 0 saturated heterocycles. The maximum absolute atomic E-state index is 13.9. The second-order valence-electron chi connectivity index (χ2n) is 4.93. The van der Waals surface area contributed by atoms with Gasteiger partial charge in [-0.3, -0.25) is 4.79 Å². The summed E-state index contributed by atoms with van der Waals surface area (Å²) in [6, 6.07) is 3.18. The maximum Gasteiger partial charge on any atom is 0.254 e. The van der Waals surface area contributed by atoms with Crippen LogP contribution in [0.1, 0.15) is 28.8 Å². The van der Waals surface area contributed by atoms with Gasteiger partial charge in [0, 0.05) is 19.1 Å². The number of methoxy groups -OCH3 is 1. The largest absolute Gasteiger partial charge is 0.384 e. The molecule has 1 saturated carbocycles. The SMILES string of the molecule is COC[C@H]1CC[C@H]1NC(=O)c1ccc(C)c(Cl)c1F.